The van der Waals surface area contributed by atoms with Crippen molar-refractivity contribution < 1.29 is 18.6 Å². The fourth-order valence-electron chi connectivity index (χ4n) is 2.32. The van der Waals surface area contributed by atoms with Gasteiger partial charge in [0.2, 0.25) is 10.0 Å². The second-order valence-corrected chi connectivity index (χ2v) is 7.38. The Balaban J connectivity index is 2.28. The summed E-state index contributed by atoms with van der Waals surface area (Å²) in [5, 5.41) is 19.4. The lowest BCUT2D eigenvalue weighted by Gasteiger charge is -2.33. The molecule has 0 spiro atoms. The van der Waals surface area contributed by atoms with E-state index in [2.05, 4.69) is 0 Å². The van der Waals surface area contributed by atoms with Gasteiger partial charge in [-0.3, -0.25) is 0 Å². The molecule has 1 aromatic rings. The summed E-state index contributed by atoms with van der Waals surface area (Å²) in [6, 6.07) is 6.32. The van der Waals surface area contributed by atoms with E-state index in [0.717, 1.165) is 0 Å². The van der Waals surface area contributed by atoms with E-state index in [4.69, 9.17) is 0 Å². The monoisotopic (exact) mass is 299 g/mol. The largest absolute Gasteiger partial charge is 0.391 e. The van der Waals surface area contributed by atoms with Crippen LogP contribution in [0.1, 0.15) is 31.9 Å². The predicted molar refractivity (Wildman–Crippen MR) is 75.6 cm³/mol. The van der Waals surface area contributed by atoms with Crippen LogP contribution in [0.15, 0.2) is 29.2 Å². The zero-order valence-corrected chi connectivity index (χ0v) is 12.5. The first-order chi connectivity index (χ1) is 9.32. The summed E-state index contributed by atoms with van der Waals surface area (Å²) in [5.41, 5.74) is 0.567. The molecule has 1 heterocycles. The van der Waals surface area contributed by atoms with Crippen molar-refractivity contribution in [2.24, 2.45) is 5.92 Å². The number of sulfonamides is 1. The molecule has 0 aliphatic carbocycles. The number of nitrogens with zero attached hydrogens (tertiary/aromatic N) is 1. The van der Waals surface area contributed by atoms with Gasteiger partial charge in [0, 0.05) is 13.1 Å². The van der Waals surface area contributed by atoms with E-state index in [-0.39, 0.29) is 17.4 Å². The minimum Gasteiger partial charge on any atom is -0.391 e. The first-order valence-corrected chi connectivity index (χ1v) is 8.22. The van der Waals surface area contributed by atoms with Gasteiger partial charge in [-0.2, -0.15) is 4.31 Å². The maximum absolute atomic E-state index is 12.5. The highest BCUT2D eigenvalue weighted by atomic mass is 32.2. The van der Waals surface area contributed by atoms with Gasteiger partial charge in [-0.05, 0) is 37.0 Å². The van der Waals surface area contributed by atoms with E-state index in [9.17, 15) is 18.6 Å². The average molecular weight is 299 g/mol. The van der Waals surface area contributed by atoms with Gasteiger partial charge in [0.25, 0.3) is 0 Å². The van der Waals surface area contributed by atoms with E-state index < -0.39 is 22.2 Å². The third-order valence-corrected chi connectivity index (χ3v) is 5.72. The molecule has 0 saturated carbocycles. The maximum Gasteiger partial charge on any atom is 0.243 e. The molecule has 0 amide bonds. The summed E-state index contributed by atoms with van der Waals surface area (Å²) in [6.45, 7) is 4.06. The molecule has 2 N–H and O–H groups in total. The van der Waals surface area contributed by atoms with E-state index in [1.807, 2.05) is 6.92 Å². The molecule has 3 unspecified atom stereocenters. The van der Waals surface area contributed by atoms with Gasteiger partial charge in [-0.1, -0.05) is 19.1 Å². The summed E-state index contributed by atoms with van der Waals surface area (Å²) in [5.74, 6) is 0.116. The van der Waals surface area contributed by atoms with E-state index in [0.29, 0.717) is 18.5 Å². The molecule has 20 heavy (non-hydrogen) atoms. The molecular formula is C14H21NO4S. The van der Waals surface area contributed by atoms with Crippen molar-refractivity contribution in [1.82, 2.24) is 4.31 Å². The molecule has 2 rings (SSSR count). The molecule has 3 atom stereocenters. The number of hydrogen-bond acceptors (Lipinski definition) is 4. The molecule has 6 heteroatoms. The van der Waals surface area contributed by atoms with Crippen molar-refractivity contribution in [1.29, 1.82) is 0 Å². The quantitative estimate of drug-likeness (QED) is 0.877. The van der Waals surface area contributed by atoms with Crippen LogP contribution in [0.5, 0.6) is 0 Å². The molecule has 1 aliphatic heterocycles. The molecule has 0 bridgehead atoms. The third kappa shape index (κ3) is 3.03. The summed E-state index contributed by atoms with van der Waals surface area (Å²) in [6.07, 6.45) is -0.688. The van der Waals surface area contributed by atoms with Crippen molar-refractivity contribution >= 4 is 10.0 Å². The Bertz CT molecular complexity index is 570. The number of benzene rings is 1. The van der Waals surface area contributed by atoms with Crippen molar-refractivity contribution in [3.05, 3.63) is 29.8 Å². The highest BCUT2D eigenvalue weighted by Crippen LogP contribution is 2.25. The molecule has 0 radical (unpaired) electrons. The van der Waals surface area contributed by atoms with Gasteiger partial charge in [0.15, 0.2) is 0 Å². The highest BCUT2D eigenvalue weighted by Gasteiger charge is 2.32. The minimum atomic E-state index is -3.61. The van der Waals surface area contributed by atoms with Crippen LogP contribution < -0.4 is 0 Å². The SMILES string of the molecule is CC(O)c1cccc(S(=O)(=O)N2CCC(C)C(O)C2)c1. The molecular weight excluding hydrogens is 278 g/mol. The van der Waals surface area contributed by atoms with Crippen LogP contribution in [-0.4, -0.2) is 42.1 Å². The van der Waals surface area contributed by atoms with Gasteiger partial charge in [0.1, 0.15) is 0 Å². The number of β-amino-alcohol motifs (C(OH)–C–C–N with tert-alkyl or cyclic N) is 1. The van der Waals surface area contributed by atoms with E-state index in [1.165, 1.54) is 16.4 Å². The number of hydrogen-bond donors (Lipinski definition) is 2. The first-order valence-electron chi connectivity index (χ1n) is 6.78. The lowest BCUT2D eigenvalue weighted by Crippen LogP contribution is -2.45. The Kier molecular flexibility index (Phi) is 4.49. The fraction of sp³-hybridized carbons (Fsp3) is 0.571. The maximum atomic E-state index is 12.5. The van der Waals surface area contributed by atoms with Gasteiger partial charge in [-0.25, -0.2) is 8.42 Å². The number of rotatable bonds is 3. The minimum absolute atomic E-state index is 0.116. The van der Waals surface area contributed by atoms with Crippen molar-refractivity contribution in [3.8, 4) is 0 Å². The van der Waals surface area contributed by atoms with Gasteiger partial charge in [0.05, 0.1) is 17.1 Å². The van der Waals surface area contributed by atoms with Crippen LogP contribution in [0.2, 0.25) is 0 Å². The number of piperidine rings is 1. The Morgan fingerprint density at radius 2 is 2.10 bits per heavy atom. The molecule has 5 nitrogen and oxygen atoms in total. The van der Waals surface area contributed by atoms with Crippen molar-refractivity contribution in [2.75, 3.05) is 13.1 Å². The van der Waals surface area contributed by atoms with Gasteiger partial charge >= 0.3 is 0 Å². The predicted octanol–water partition coefficient (Wildman–Crippen LogP) is 1.13. The summed E-state index contributed by atoms with van der Waals surface area (Å²) < 4.78 is 26.4. The van der Waals surface area contributed by atoms with E-state index >= 15 is 0 Å². The zero-order valence-electron chi connectivity index (χ0n) is 11.7. The normalized spacial score (nSPS) is 26.4. The standard InChI is InChI=1S/C14H21NO4S/c1-10-6-7-15(9-14(10)17)20(18,19)13-5-3-4-12(8-13)11(2)16/h3-5,8,10-11,14,16-17H,6-7,9H2,1-2H3. The first kappa shape index (κ1) is 15.4. The molecule has 1 saturated heterocycles. The molecule has 1 fully saturated rings. The smallest absolute Gasteiger partial charge is 0.243 e. The van der Waals surface area contributed by atoms with Crippen molar-refractivity contribution in [3.63, 3.8) is 0 Å². The van der Waals surface area contributed by atoms with Gasteiger partial charge < -0.3 is 10.2 Å². The summed E-state index contributed by atoms with van der Waals surface area (Å²) in [7, 11) is -3.61. The molecule has 1 aromatic carbocycles. The molecule has 112 valence electrons. The van der Waals surface area contributed by atoms with Crippen LogP contribution in [0.4, 0.5) is 0 Å². The lowest BCUT2D eigenvalue weighted by molar-refractivity contribution is 0.0605. The third-order valence-electron chi connectivity index (χ3n) is 3.86. The Labute approximate surface area is 119 Å². The topological polar surface area (TPSA) is 77.8 Å². The second kappa shape index (κ2) is 5.81. The highest BCUT2D eigenvalue weighted by molar-refractivity contribution is 7.89. The summed E-state index contributed by atoms with van der Waals surface area (Å²) >= 11 is 0. The summed E-state index contributed by atoms with van der Waals surface area (Å²) in [4.78, 5) is 0.164. The average Bonchev–Trinajstić information content (AvgIpc) is 2.42. The fourth-order valence-corrected chi connectivity index (χ4v) is 3.85. The molecule has 1 aliphatic rings. The van der Waals surface area contributed by atoms with Crippen LogP contribution in [0.3, 0.4) is 0 Å². The number of aliphatic hydroxyl groups excluding tert-OH is 2. The van der Waals surface area contributed by atoms with Gasteiger partial charge in [-0.15, -0.1) is 0 Å². The van der Waals surface area contributed by atoms with Crippen LogP contribution >= 0.6 is 0 Å². The zero-order chi connectivity index (χ0) is 14.9. The Hall–Kier alpha value is -0.950. The molecule has 0 aromatic heterocycles. The van der Waals surface area contributed by atoms with E-state index in [1.54, 1.807) is 19.1 Å². The van der Waals surface area contributed by atoms with Crippen molar-refractivity contribution in [2.45, 2.75) is 37.4 Å². The Morgan fingerprint density at radius 3 is 2.70 bits per heavy atom. The van der Waals surface area contributed by atoms with Crippen LogP contribution in [0.25, 0.3) is 0 Å². The lowest BCUT2D eigenvalue weighted by atomic mass is 9.98. The Morgan fingerprint density at radius 1 is 1.40 bits per heavy atom. The van der Waals surface area contributed by atoms with Crippen LogP contribution in [0, 0.1) is 5.92 Å². The van der Waals surface area contributed by atoms with Crippen LogP contribution in [-0.2, 0) is 10.0 Å². The number of aliphatic hydroxyl groups is 2. The second-order valence-electron chi connectivity index (χ2n) is 5.44.